The van der Waals surface area contributed by atoms with E-state index in [-0.39, 0.29) is 30.1 Å². The first kappa shape index (κ1) is 23.6. The Bertz CT molecular complexity index is 1240. The molecule has 3 amide bonds. The predicted octanol–water partition coefficient (Wildman–Crippen LogP) is 3.40. The number of benzene rings is 2. The Kier molecular flexibility index (Phi) is 6.47. The highest BCUT2D eigenvalue weighted by Crippen LogP contribution is 2.39. The van der Waals surface area contributed by atoms with Crippen molar-refractivity contribution in [2.24, 2.45) is 0 Å². The smallest absolute Gasteiger partial charge is 0.289 e. The molecule has 3 aromatic rings. The van der Waals surface area contributed by atoms with Crippen LogP contribution in [0.3, 0.4) is 0 Å². The van der Waals surface area contributed by atoms with Gasteiger partial charge in [-0.2, -0.15) is 0 Å². The van der Waals surface area contributed by atoms with Gasteiger partial charge in [-0.25, -0.2) is 0 Å². The van der Waals surface area contributed by atoms with Crippen molar-refractivity contribution in [3.05, 3.63) is 84.3 Å². The fourth-order valence-corrected chi connectivity index (χ4v) is 4.83. The molecule has 1 unspecified atom stereocenters. The Morgan fingerprint density at radius 1 is 0.972 bits per heavy atom. The molecule has 1 aromatic heterocycles. The van der Waals surface area contributed by atoms with E-state index in [1.807, 2.05) is 6.07 Å². The number of nitrogens with one attached hydrogen (secondary N) is 1. The van der Waals surface area contributed by atoms with Crippen LogP contribution in [0.25, 0.3) is 0 Å². The second-order valence-electron chi connectivity index (χ2n) is 8.80. The number of carbonyl (C=O) groups is 3. The first-order valence-corrected chi connectivity index (χ1v) is 11.8. The molecule has 2 saturated heterocycles. The number of piperidine rings is 1. The van der Waals surface area contributed by atoms with Crippen molar-refractivity contribution in [1.29, 1.82) is 0 Å². The summed E-state index contributed by atoms with van der Waals surface area (Å²) in [6, 6.07) is 18.3. The molecule has 1 N–H and O–H groups in total. The van der Waals surface area contributed by atoms with E-state index in [4.69, 9.17) is 13.9 Å². The van der Waals surface area contributed by atoms with Gasteiger partial charge in [-0.15, -0.1) is 0 Å². The van der Waals surface area contributed by atoms with Crippen LogP contribution in [0.1, 0.15) is 33.8 Å². The molecule has 0 radical (unpaired) electrons. The van der Waals surface area contributed by atoms with Crippen LogP contribution in [0, 0.1) is 0 Å². The zero-order valence-corrected chi connectivity index (χ0v) is 19.9. The zero-order chi connectivity index (χ0) is 25.1. The largest absolute Gasteiger partial charge is 0.497 e. The Hall–Kier alpha value is -4.11. The summed E-state index contributed by atoms with van der Waals surface area (Å²) in [4.78, 5) is 43.2. The molecule has 0 aliphatic carbocycles. The third-order valence-electron chi connectivity index (χ3n) is 6.70. The van der Waals surface area contributed by atoms with Gasteiger partial charge in [-0.3, -0.25) is 19.3 Å². The number of amides is 3. The van der Waals surface area contributed by atoms with E-state index in [2.05, 4.69) is 5.32 Å². The van der Waals surface area contributed by atoms with Crippen LogP contribution < -0.4 is 10.1 Å². The van der Waals surface area contributed by atoms with Crippen LogP contribution in [0.4, 0.5) is 5.69 Å². The Morgan fingerprint density at radius 3 is 2.44 bits per heavy atom. The van der Waals surface area contributed by atoms with Gasteiger partial charge in [0.2, 0.25) is 5.91 Å². The maximum absolute atomic E-state index is 13.7. The number of furan rings is 1. The van der Waals surface area contributed by atoms with Crippen molar-refractivity contribution in [2.45, 2.75) is 24.6 Å². The van der Waals surface area contributed by atoms with Crippen molar-refractivity contribution in [2.75, 3.05) is 32.1 Å². The average Bonchev–Trinajstić information content (AvgIpc) is 3.58. The highest BCUT2D eigenvalue weighted by molar-refractivity contribution is 6.02. The number of carbonyl (C=O) groups excluding carboxylic acids is 3. The summed E-state index contributed by atoms with van der Waals surface area (Å²) < 4.78 is 16.7. The van der Waals surface area contributed by atoms with Crippen molar-refractivity contribution < 1.29 is 28.3 Å². The third-order valence-corrected chi connectivity index (χ3v) is 6.70. The number of anilines is 1. The molecule has 9 heteroatoms. The van der Waals surface area contributed by atoms with Crippen molar-refractivity contribution in [1.82, 2.24) is 9.80 Å². The molecule has 186 valence electrons. The molecule has 1 atom stereocenters. The van der Waals surface area contributed by atoms with Gasteiger partial charge < -0.3 is 24.1 Å². The highest BCUT2D eigenvalue weighted by atomic mass is 16.5. The highest BCUT2D eigenvalue weighted by Gasteiger charge is 2.54. The lowest BCUT2D eigenvalue weighted by molar-refractivity contribution is -0.123. The fourth-order valence-electron chi connectivity index (χ4n) is 4.83. The van der Waals surface area contributed by atoms with Gasteiger partial charge in [0.1, 0.15) is 17.5 Å². The predicted molar refractivity (Wildman–Crippen MR) is 131 cm³/mol. The molecule has 2 aromatic carbocycles. The molecular weight excluding hydrogens is 462 g/mol. The lowest BCUT2D eigenvalue weighted by Crippen LogP contribution is -2.59. The molecule has 0 bridgehead atoms. The summed E-state index contributed by atoms with van der Waals surface area (Å²) in [5, 5.41) is 2.89. The number of methoxy groups -OCH3 is 1. The lowest BCUT2D eigenvalue weighted by atomic mass is 9.96. The molecule has 9 nitrogen and oxygen atoms in total. The van der Waals surface area contributed by atoms with E-state index in [1.165, 1.54) is 6.26 Å². The first-order chi connectivity index (χ1) is 17.5. The molecule has 2 aliphatic rings. The number of nitrogens with zero attached hydrogens (tertiary/aromatic N) is 2. The summed E-state index contributed by atoms with van der Waals surface area (Å²) in [5.74, 6) is 0.0353. The molecule has 0 saturated carbocycles. The van der Waals surface area contributed by atoms with E-state index in [0.717, 1.165) is 0 Å². The van der Waals surface area contributed by atoms with Crippen molar-refractivity contribution in [3.8, 4) is 5.75 Å². The number of likely N-dealkylation sites (tertiary alicyclic amines) is 1. The maximum Gasteiger partial charge on any atom is 0.289 e. The van der Waals surface area contributed by atoms with Crippen LogP contribution in [0.15, 0.2) is 77.4 Å². The maximum atomic E-state index is 13.7. The lowest BCUT2D eigenvalue weighted by Gasteiger charge is -2.44. The monoisotopic (exact) mass is 489 g/mol. The van der Waals surface area contributed by atoms with E-state index < -0.39 is 11.8 Å². The molecule has 2 fully saturated rings. The van der Waals surface area contributed by atoms with Gasteiger partial charge in [0, 0.05) is 43.2 Å². The molecule has 2 aliphatic heterocycles. The summed E-state index contributed by atoms with van der Waals surface area (Å²) in [5.41, 5.74) is 0.0328. The van der Waals surface area contributed by atoms with Gasteiger partial charge in [0.25, 0.3) is 11.8 Å². The normalized spacial score (nSPS) is 18.8. The van der Waals surface area contributed by atoms with E-state index in [9.17, 15) is 14.4 Å². The standard InChI is InChI=1S/C27H27N3O6/c1-34-21-10-5-9-20(17-21)28-24(31)22-18-36-27(30(22)25(32)19-7-3-2-4-8-19)12-14-29(15-13-27)26(33)23-11-6-16-35-23/h2-11,16-17,22H,12-15,18H2,1H3,(H,28,31). The van der Waals surface area contributed by atoms with Crippen LogP contribution in [0.5, 0.6) is 5.75 Å². The molecule has 5 rings (SSSR count). The van der Waals surface area contributed by atoms with Crippen molar-refractivity contribution >= 4 is 23.4 Å². The summed E-state index contributed by atoms with van der Waals surface area (Å²) >= 11 is 0. The molecule has 1 spiro atoms. The van der Waals surface area contributed by atoms with E-state index in [1.54, 1.807) is 77.6 Å². The molecule has 36 heavy (non-hydrogen) atoms. The van der Waals surface area contributed by atoms with Gasteiger partial charge in [0.15, 0.2) is 5.76 Å². The average molecular weight is 490 g/mol. The minimum atomic E-state index is -0.997. The van der Waals surface area contributed by atoms with E-state index in [0.29, 0.717) is 42.9 Å². The van der Waals surface area contributed by atoms with Crippen LogP contribution >= 0.6 is 0 Å². The second-order valence-corrected chi connectivity index (χ2v) is 8.80. The third kappa shape index (κ3) is 4.45. The number of ether oxygens (including phenoxy) is 2. The first-order valence-electron chi connectivity index (χ1n) is 11.8. The minimum absolute atomic E-state index is 0.0561. The minimum Gasteiger partial charge on any atom is -0.497 e. The number of hydrogen-bond acceptors (Lipinski definition) is 6. The molecule has 3 heterocycles. The number of rotatable bonds is 5. The number of hydrogen-bond donors (Lipinski definition) is 1. The van der Waals surface area contributed by atoms with Crippen LogP contribution in [0.2, 0.25) is 0 Å². The van der Waals surface area contributed by atoms with Crippen molar-refractivity contribution in [3.63, 3.8) is 0 Å². The SMILES string of the molecule is COc1cccc(NC(=O)C2COC3(CCN(C(=O)c4ccco4)CC3)N2C(=O)c2ccccc2)c1. The van der Waals surface area contributed by atoms with Crippen LogP contribution in [-0.2, 0) is 9.53 Å². The van der Waals surface area contributed by atoms with Crippen LogP contribution in [-0.4, -0.2) is 66.1 Å². The van der Waals surface area contributed by atoms with Gasteiger partial charge >= 0.3 is 0 Å². The summed E-state index contributed by atoms with van der Waals surface area (Å²) in [6.07, 6.45) is 2.21. The Balaban J connectivity index is 1.39. The zero-order valence-electron chi connectivity index (χ0n) is 19.9. The van der Waals surface area contributed by atoms with E-state index >= 15 is 0 Å². The summed E-state index contributed by atoms with van der Waals surface area (Å²) in [7, 11) is 1.55. The van der Waals surface area contributed by atoms with Gasteiger partial charge in [-0.05, 0) is 36.4 Å². The fraction of sp³-hybridized carbons (Fsp3) is 0.296. The van der Waals surface area contributed by atoms with Gasteiger partial charge in [0.05, 0.1) is 20.0 Å². The quantitative estimate of drug-likeness (QED) is 0.590. The Labute approximate surface area is 208 Å². The van der Waals surface area contributed by atoms with Gasteiger partial charge in [-0.1, -0.05) is 24.3 Å². The Morgan fingerprint density at radius 2 is 1.75 bits per heavy atom. The second kappa shape index (κ2) is 9.87. The summed E-state index contributed by atoms with van der Waals surface area (Å²) in [6.45, 7) is 0.783. The topological polar surface area (TPSA) is 101 Å². The molecular formula is C27H27N3O6.